The van der Waals surface area contributed by atoms with E-state index in [9.17, 15) is 13.2 Å². The van der Waals surface area contributed by atoms with Crippen LogP contribution in [0.1, 0.15) is 30.9 Å². The zero-order chi connectivity index (χ0) is 14.8. The van der Waals surface area contributed by atoms with Gasteiger partial charge in [-0.05, 0) is 36.6 Å². The van der Waals surface area contributed by atoms with Crippen LogP contribution in [0, 0.1) is 0 Å². The summed E-state index contributed by atoms with van der Waals surface area (Å²) >= 11 is 5.95. The number of benzene rings is 1. The van der Waals surface area contributed by atoms with E-state index in [-0.39, 0.29) is 0 Å². The first-order valence-corrected chi connectivity index (χ1v) is 6.70. The molecular weight excluding hydrogens is 289 g/mol. The van der Waals surface area contributed by atoms with Gasteiger partial charge >= 0.3 is 6.18 Å². The van der Waals surface area contributed by atoms with Gasteiger partial charge in [0.05, 0.1) is 17.4 Å². The summed E-state index contributed by atoms with van der Waals surface area (Å²) in [6.07, 6.45) is 0.151. The van der Waals surface area contributed by atoms with Gasteiger partial charge in [0.25, 0.3) is 0 Å². The Balaban J connectivity index is 2.39. The van der Waals surface area contributed by atoms with Crippen molar-refractivity contribution in [3.63, 3.8) is 0 Å². The van der Waals surface area contributed by atoms with E-state index >= 15 is 0 Å². The van der Waals surface area contributed by atoms with Gasteiger partial charge in [0.2, 0.25) is 0 Å². The van der Waals surface area contributed by atoms with Gasteiger partial charge in [0, 0.05) is 11.2 Å². The quantitative estimate of drug-likeness (QED) is 0.786. The third-order valence-corrected chi connectivity index (χ3v) is 3.23. The van der Waals surface area contributed by atoms with Crippen molar-refractivity contribution >= 4 is 11.6 Å². The lowest BCUT2D eigenvalue weighted by Gasteiger charge is -2.10. The minimum atomic E-state index is -4.38. The van der Waals surface area contributed by atoms with Gasteiger partial charge in [-0.25, -0.2) is 4.68 Å². The van der Waals surface area contributed by atoms with Crippen molar-refractivity contribution in [3.8, 4) is 5.69 Å². The fraction of sp³-hybridized carbons (Fsp3) is 0.357. The molecule has 0 unspecified atom stereocenters. The molecule has 0 spiro atoms. The zero-order valence-electron chi connectivity index (χ0n) is 10.9. The first kappa shape index (κ1) is 14.9. The summed E-state index contributed by atoms with van der Waals surface area (Å²) in [4.78, 5) is 0. The molecule has 108 valence electrons. The summed E-state index contributed by atoms with van der Waals surface area (Å²) in [6.45, 7) is 2.06. The molecule has 0 amide bonds. The summed E-state index contributed by atoms with van der Waals surface area (Å²) in [5.41, 5.74) is 0.781. The average molecular weight is 303 g/mol. The van der Waals surface area contributed by atoms with Crippen LogP contribution in [0.4, 0.5) is 13.2 Å². The molecule has 0 aliphatic heterocycles. The molecule has 0 N–H and O–H groups in total. The highest BCUT2D eigenvalue weighted by Gasteiger charge is 2.32. The lowest BCUT2D eigenvalue weighted by atomic mass is 10.1. The van der Waals surface area contributed by atoms with E-state index in [4.69, 9.17) is 11.6 Å². The normalized spacial score (nSPS) is 11.8. The molecule has 6 heteroatoms. The fourth-order valence-corrected chi connectivity index (χ4v) is 2.14. The summed E-state index contributed by atoms with van der Waals surface area (Å²) in [5, 5.41) is 4.38. The maximum Gasteiger partial charge on any atom is 0.419 e. The maximum absolute atomic E-state index is 12.6. The standard InChI is InChI=1S/C14H14ClF3N2/c1-2-3-4-10-7-12(15)5-6-13(10)20-9-11(8-19-20)14(16,17)18/h5-9H,2-4H2,1H3. The Morgan fingerprint density at radius 3 is 2.65 bits per heavy atom. The highest BCUT2D eigenvalue weighted by atomic mass is 35.5. The Bertz CT molecular complexity index is 590. The number of unbranched alkanes of at least 4 members (excludes halogenated alkanes) is 1. The van der Waals surface area contributed by atoms with Crippen LogP contribution < -0.4 is 0 Å². The van der Waals surface area contributed by atoms with Crippen molar-refractivity contribution in [2.24, 2.45) is 0 Å². The molecular formula is C14H14ClF3N2. The molecule has 0 aliphatic rings. The summed E-state index contributed by atoms with van der Waals surface area (Å²) < 4.78 is 39.1. The smallest absolute Gasteiger partial charge is 0.240 e. The van der Waals surface area contributed by atoms with Gasteiger partial charge in [-0.1, -0.05) is 24.9 Å². The molecule has 2 rings (SSSR count). The van der Waals surface area contributed by atoms with Crippen LogP contribution in [0.15, 0.2) is 30.6 Å². The van der Waals surface area contributed by atoms with Crippen molar-refractivity contribution in [2.75, 3.05) is 0 Å². The van der Waals surface area contributed by atoms with Crippen LogP contribution >= 0.6 is 11.6 Å². The number of hydrogen-bond donors (Lipinski definition) is 0. The SMILES string of the molecule is CCCCc1cc(Cl)ccc1-n1cc(C(F)(F)F)cn1. The minimum absolute atomic E-state index is 0.572. The van der Waals surface area contributed by atoms with Crippen molar-refractivity contribution in [1.82, 2.24) is 9.78 Å². The molecule has 20 heavy (non-hydrogen) atoms. The molecule has 0 saturated heterocycles. The van der Waals surface area contributed by atoms with Crippen LogP contribution in [-0.4, -0.2) is 9.78 Å². The van der Waals surface area contributed by atoms with Crippen LogP contribution in [0.3, 0.4) is 0 Å². The van der Waals surface area contributed by atoms with Crippen molar-refractivity contribution in [2.45, 2.75) is 32.4 Å². The number of aryl methyl sites for hydroxylation is 1. The highest BCUT2D eigenvalue weighted by Crippen LogP contribution is 2.30. The van der Waals surface area contributed by atoms with E-state index in [1.807, 2.05) is 0 Å². The molecule has 2 aromatic rings. The molecule has 0 bridgehead atoms. The molecule has 0 radical (unpaired) electrons. The van der Waals surface area contributed by atoms with Crippen molar-refractivity contribution in [3.05, 3.63) is 46.7 Å². The monoisotopic (exact) mass is 302 g/mol. The summed E-state index contributed by atoms with van der Waals surface area (Å²) in [5.74, 6) is 0. The predicted octanol–water partition coefficient (Wildman–Crippen LogP) is 4.89. The summed E-state index contributed by atoms with van der Waals surface area (Å²) in [7, 11) is 0. The molecule has 1 aromatic heterocycles. The molecule has 0 atom stereocenters. The molecule has 0 saturated carbocycles. The van der Waals surface area contributed by atoms with Crippen LogP contribution in [-0.2, 0) is 12.6 Å². The Morgan fingerprint density at radius 1 is 1.30 bits per heavy atom. The molecule has 0 aliphatic carbocycles. The number of rotatable bonds is 4. The van der Waals surface area contributed by atoms with Gasteiger partial charge in [-0.2, -0.15) is 18.3 Å². The minimum Gasteiger partial charge on any atom is -0.240 e. The van der Waals surface area contributed by atoms with Crippen LogP contribution in [0.25, 0.3) is 5.69 Å². The summed E-state index contributed by atoms with van der Waals surface area (Å²) in [6, 6.07) is 5.13. The molecule has 1 heterocycles. The third kappa shape index (κ3) is 3.33. The number of halogens is 4. The number of nitrogens with zero attached hydrogens (tertiary/aromatic N) is 2. The van der Waals surface area contributed by atoms with Gasteiger partial charge in [-0.15, -0.1) is 0 Å². The lowest BCUT2D eigenvalue weighted by molar-refractivity contribution is -0.137. The average Bonchev–Trinajstić information content (AvgIpc) is 2.85. The fourth-order valence-electron chi connectivity index (χ4n) is 1.95. The Morgan fingerprint density at radius 2 is 2.05 bits per heavy atom. The lowest BCUT2D eigenvalue weighted by Crippen LogP contribution is -2.04. The van der Waals surface area contributed by atoms with E-state index < -0.39 is 11.7 Å². The van der Waals surface area contributed by atoms with Crippen molar-refractivity contribution < 1.29 is 13.2 Å². The number of hydrogen-bond acceptors (Lipinski definition) is 1. The second-order valence-corrected chi connectivity index (χ2v) is 4.98. The Hall–Kier alpha value is -1.49. The van der Waals surface area contributed by atoms with Gasteiger partial charge in [-0.3, -0.25) is 0 Å². The van der Waals surface area contributed by atoms with E-state index in [0.29, 0.717) is 10.7 Å². The number of alkyl halides is 3. The largest absolute Gasteiger partial charge is 0.419 e. The van der Waals surface area contributed by atoms with Crippen molar-refractivity contribution in [1.29, 1.82) is 0 Å². The zero-order valence-corrected chi connectivity index (χ0v) is 11.7. The molecule has 1 aromatic carbocycles. The third-order valence-electron chi connectivity index (χ3n) is 3.00. The van der Waals surface area contributed by atoms with E-state index in [1.165, 1.54) is 4.68 Å². The first-order valence-electron chi connectivity index (χ1n) is 6.32. The van der Waals surface area contributed by atoms with Crippen LogP contribution in [0.5, 0.6) is 0 Å². The van der Waals surface area contributed by atoms with E-state index in [2.05, 4.69) is 12.0 Å². The Labute approximate surface area is 120 Å². The topological polar surface area (TPSA) is 17.8 Å². The second-order valence-electron chi connectivity index (χ2n) is 4.55. The molecule has 2 nitrogen and oxygen atoms in total. The highest BCUT2D eigenvalue weighted by molar-refractivity contribution is 6.30. The van der Waals surface area contributed by atoms with Gasteiger partial charge in [0.1, 0.15) is 0 Å². The van der Waals surface area contributed by atoms with Gasteiger partial charge in [0.15, 0.2) is 0 Å². The number of aromatic nitrogens is 2. The predicted molar refractivity (Wildman–Crippen MR) is 72.2 cm³/mol. The van der Waals surface area contributed by atoms with Crippen LogP contribution in [0.2, 0.25) is 5.02 Å². The second kappa shape index (κ2) is 5.87. The van der Waals surface area contributed by atoms with Gasteiger partial charge < -0.3 is 0 Å². The molecule has 0 fully saturated rings. The maximum atomic E-state index is 12.6. The first-order chi connectivity index (χ1) is 9.41. The van der Waals surface area contributed by atoms with E-state index in [1.54, 1.807) is 18.2 Å². The Kier molecular flexibility index (Phi) is 4.38. The van der Waals surface area contributed by atoms with E-state index in [0.717, 1.165) is 37.2 Å².